The molecule has 0 amide bonds. The van der Waals surface area contributed by atoms with Crippen LogP contribution in [0.2, 0.25) is 0 Å². The number of hydrogen-bond donors (Lipinski definition) is 2. The van der Waals surface area contributed by atoms with Crippen LogP contribution in [0.15, 0.2) is 58.1 Å². The van der Waals surface area contributed by atoms with Gasteiger partial charge in [-0.3, -0.25) is 4.72 Å². The summed E-state index contributed by atoms with van der Waals surface area (Å²) in [6, 6.07) is 11.4. The van der Waals surface area contributed by atoms with E-state index in [4.69, 9.17) is 18.7 Å². The minimum absolute atomic E-state index is 0.0455. The fourth-order valence-corrected chi connectivity index (χ4v) is 4.44. The van der Waals surface area contributed by atoms with Gasteiger partial charge in [-0.05, 0) is 24.3 Å². The molecule has 0 saturated carbocycles. The van der Waals surface area contributed by atoms with Gasteiger partial charge in [0.25, 0.3) is 10.0 Å². The molecular formula is C20H19N5O6S. The molecule has 2 aromatic heterocycles. The highest BCUT2D eigenvalue weighted by Gasteiger charge is 2.28. The van der Waals surface area contributed by atoms with Crippen molar-refractivity contribution in [2.24, 2.45) is 0 Å². The molecule has 2 heterocycles. The normalized spacial score (nSPS) is 11.2. The van der Waals surface area contributed by atoms with Gasteiger partial charge in [0.05, 0.1) is 21.3 Å². The Bertz CT molecular complexity index is 1340. The number of fused-ring (bicyclic) bond motifs is 1. The maximum Gasteiger partial charge on any atom is 0.270 e. The van der Waals surface area contributed by atoms with Crippen LogP contribution in [0.3, 0.4) is 0 Å². The summed E-state index contributed by atoms with van der Waals surface area (Å²) in [6.07, 6.45) is 1.56. The summed E-state index contributed by atoms with van der Waals surface area (Å²) in [5.41, 5.74) is 0.882. The van der Waals surface area contributed by atoms with E-state index >= 15 is 0 Å². The number of nitrogens with one attached hydrogen (secondary N) is 2. The Labute approximate surface area is 183 Å². The van der Waals surface area contributed by atoms with Gasteiger partial charge in [0.15, 0.2) is 22.1 Å². The summed E-state index contributed by atoms with van der Waals surface area (Å²) in [6.45, 7) is 0. The molecule has 0 radical (unpaired) electrons. The zero-order valence-corrected chi connectivity index (χ0v) is 18.1. The van der Waals surface area contributed by atoms with Gasteiger partial charge in [-0.1, -0.05) is 11.2 Å². The van der Waals surface area contributed by atoms with Crippen LogP contribution >= 0.6 is 0 Å². The molecule has 2 N–H and O–H groups in total. The molecule has 32 heavy (non-hydrogen) atoms. The first-order valence-electron chi connectivity index (χ1n) is 9.22. The molecule has 0 aliphatic heterocycles. The Kier molecular flexibility index (Phi) is 5.69. The molecule has 0 fully saturated rings. The third kappa shape index (κ3) is 3.95. The van der Waals surface area contributed by atoms with E-state index < -0.39 is 10.0 Å². The highest BCUT2D eigenvalue weighted by Crippen LogP contribution is 2.39. The Morgan fingerprint density at radius 1 is 0.938 bits per heavy atom. The van der Waals surface area contributed by atoms with Crippen molar-refractivity contribution in [2.45, 2.75) is 4.90 Å². The van der Waals surface area contributed by atoms with Crippen molar-refractivity contribution in [3.63, 3.8) is 0 Å². The van der Waals surface area contributed by atoms with Crippen LogP contribution < -0.4 is 24.2 Å². The molecule has 4 rings (SSSR count). The topological polar surface area (TPSA) is 138 Å². The Hall–Kier alpha value is -4.06. The maximum absolute atomic E-state index is 13.2. The van der Waals surface area contributed by atoms with E-state index in [-0.39, 0.29) is 22.2 Å². The molecular weight excluding hydrogens is 438 g/mol. The van der Waals surface area contributed by atoms with E-state index in [1.165, 1.54) is 33.5 Å². The number of sulfonamides is 1. The number of hydrogen-bond acceptors (Lipinski definition) is 10. The van der Waals surface area contributed by atoms with Crippen LogP contribution in [0, 0.1) is 0 Å². The molecule has 0 unspecified atom stereocenters. The van der Waals surface area contributed by atoms with Crippen molar-refractivity contribution < 1.29 is 27.2 Å². The molecule has 166 valence electrons. The SMILES string of the molecule is COc1cccc(OC)c1S(=O)(=O)Nc1noc2cc(Nc3cccnn3)cc(OC)c12. The number of nitrogens with zero attached hydrogens (tertiary/aromatic N) is 3. The van der Waals surface area contributed by atoms with E-state index in [1.807, 2.05) is 0 Å². The van der Waals surface area contributed by atoms with Crippen molar-refractivity contribution >= 4 is 38.3 Å². The first-order valence-corrected chi connectivity index (χ1v) is 10.7. The molecule has 0 saturated heterocycles. The van der Waals surface area contributed by atoms with E-state index in [0.29, 0.717) is 28.2 Å². The van der Waals surface area contributed by atoms with Crippen molar-refractivity contribution in [1.29, 1.82) is 0 Å². The van der Waals surface area contributed by atoms with Gasteiger partial charge in [0.2, 0.25) is 0 Å². The van der Waals surface area contributed by atoms with Gasteiger partial charge in [-0.2, -0.15) is 5.10 Å². The molecule has 0 aliphatic carbocycles. The van der Waals surface area contributed by atoms with Crippen molar-refractivity contribution in [1.82, 2.24) is 15.4 Å². The number of benzene rings is 2. The second kappa shape index (κ2) is 8.59. The predicted octanol–water partition coefficient (Wildman–Crippen LogP) is 3.19. The maximum atomic E-state index is 13.2. The number of rotatable bonds is 8. The highest BCUT2D eigenvalue weighted by atomic mass is 32.2. The van der Waals surface area contributed by atoms with Crippen molar-refractivity contribution in [2.75, 3.05) is 31.4 Å². The predicted molar refractivity (Wildman–Crippen MR) is 116 cm³/mol. The Morgan fingerprint density at radius 2 is 1.66 bits per heavy atom. The number of ether oxygens (including phenoxy) is 3. The lowest BCUT2D eigenvalue weighted by atomic mass is 10.2. The van der Waals surface area contributed by atoms with Gasteiger partial charge in [0.1, 0.15) is 22.6 Å². The van der Waals surface area contributed by atoms with Crippen LogP contribution in [0.4, 0.5) is 17.3 Å². The lowest BCUT2D eigenvalue weighted by molar-refractivity contribution is 0.373. The third-order valence-corrected chi connectivity index (χ3v) is 5.89. The molecule has 12 heteroatoms. The van der Waals surface area contributed by atoms with Crippen LogP contribution in [-0.2, 0) is 10.0 Å². The first-order chi connectivity index (χ1) is 15.5. The molecule has 0 atom stereocenters. The quantitative estimate of drug-likeness (QED) is 0.406. The third-order valence-electron chi connectivity index (χ3n) is 4.49. The van der Waals surface area contributed by atoms with Gasteiger partial charge >= 0.3 is 0 Å². The lowest BCUT2D eigenvalue weighted by Crippen LogP contribution is -2.15. The van der Waals surface area contributed by atoms with Crippen LogP contribution in [0.5, 0.6) is 17.2 Å². The van der Waals surface area contributed by atoms with E-state index in [9.17, 15) is 8.42 Å². The number of methoxy groups -OCH3 is 3. The minimum atomic E-state index is -4.16. The van der Waals surface area contributed by atoms with Crippen molar-refractivity contribution in [3.8, 4) is 17.2 Å². The summed E-state index contributed by atoms with van der Waals surface area (Å²) >= 11 is 0. The molecule has 11 nitrogen and oxygen atoms in total. The molecule has 0 bridgehead atoms. The van der Waals surface area contributed by atoms with E-state index in [0.717, 1.165) is 0 Å². The van der Waals surface area contributed by atoms with Crippen LogP contribution in [0.1, 0.15) is 0 Å². The second-order valence-electron chi connectivity index (χ2n) is 6.41. The minimum Gasteiger partial charge on any atom is -0.496 e. The number of anilines is 3. The monoisotopic (exact) mass is 457 g/mol. The van der Waals surface area contributed by atoms with Gasteiger partial charge in [-0.25, -0.2) is 8.42 Å². The zero-order valence-electron chi connectivity index (χ0n) is 17.3. The average Bonchev–Trinajstić information content (AvgIpc) is 3.20. The largest absolute Gasteiger partial charge is 0.496 e. The molecule has 0 aliphatic rings. The average molecular weight is 457 g/mol. The fourth-order valence-electron chi connectivity index (χ4n) is 3.12. The molecule has 4 aromatic rings. The summed E-state index contributed by atoms with van der Waals surface area (Å²) in [7, 11) is 0.0360. The standard InChI is InChI=1S/C20H19N5O6S/c1-28-13-6-4-7-14(29-2)19(13)32(26,27)25-20-18-15(30-3)10-12(11-16(18)31-24-20)22-17-8-5-9-21-23-17/h4-11H,1-3H3,(H,22,23)(H,24,25). The van der Waals surface area contributed by atoms with E-state index in [2.05, 4.69) is 25.4 Å². The van der Waals surface area contributed by atoms with E-state index in [1.54, 1.807) is 36.5 Å². The number of aromatic nitrogens is 3. The van der Waals surface area contributed by atoms with Gasteiger partial charge < -0.3 is 24.1 Å². The zero-order chi connectivity index (χ0) is 22.7. The summed E-state index contributed by atoms with van der Waals surface area (Å²) in [5.74, 6) is 1.03. The first kappa shape index (κ1) is 21.2. The smallest absolute Gasteiger partial charge is 0.270 e. The summed E-state index contributed by atoms with van der Waals surface area (Å²) in [4.78, 5) is -0.166. The Balaban J connectivity index is 1.75. The molecule has 0 spiro atoms. The van der Waals surface area contributed by atoms with Crippen LogP contribution in [-0.4, -0.2) is 45.1 Å². The van der Waals surface area contributed by atoms with Gasteiger partial charge in [-0.15, -0.1) is 5.10 Å². The van der Waals surface area contributed by atoms with Crippen molar-refractivity contribution in [3.05, 3.63) is 48.7 Å². The Morgan fingerprint density at radius 3 is 2.28 bits per heavy atom. The molecule has 2 aromatic carbocycles. The van der Waals surface area contributed by atoms with Crippen LogP contribution in [0.25, 0.3) is 11.0 Å². The highest BCUT2D eigenvalue weighted by molar-refractivity contribution is 7.93. The summed E-state index contributed by atoms with van der Waals surface area (Å²) in [5, 5.41) is 15.1. The van der Waals surface area contributed by atoms with Gasteiger partial charge in [0, 0.05) is 24.0 Å². The fraction of sp³-hybridized carbons (Fsp3) is 0.150. The summed E-state index contributed by atoms with van der Waals surface area (Å²) < 4.78 is 50.1. The second-order valence-corrected chi connectivity index (χ2v) is 8.03. The lowest BCUT2D eigenvalue weighted by Gasteiger charge is -2.14.